The smallest absolute Gasteiger partial charge is 0.262 e. The molecule has 0 atom stereocenters. The molecule has 0 bridgehead atoms. The minimum atomic E-state index is -0.187. The fourth-order valence-corrected chi connectivity index (χ4v) is 1.74. The molecule has 1 aliphatic heterocycles. The van der Waals surface area contributed by atoms with Gasteiger partial charge in [-0.1, -0.05) is 11.6 Å². The van der Waals surface area contributed by atoms with E-state index in [1.807, 2.05) is 0 Å². The van der Waals surface area contributed by atoms with Gasteiger partial charge in [0.15, 0.2) is 12.4 Å². The van der Waals surface area contributed by atoms with E-state index < -0.39 is 0 Å². The SMILES string of the molecule is O=C1COc2c(Br)ccc(Cl)c2N1. The molecule has 0 fully saturated rings. The molecular formula is C8H5BrClNO2. The van der Waals surface area contributed by atoms with Crippen LogP contribution in [0.1, 0.15) is 0 Å². The number of ether oxygens (including phenoxy) is 1. The first-order valence-corrected chi connectivity index (χ1v) is 4.76. The van der Waals surface area contributed by atoms with Gasteiger partial charge in [0.25, 0.3) is 5.91 Å². The first kappa shape index (κ1) is 8.84. The molecule has 0 aromatic heterocycles. The normalized spacial score (nSPS) is 14.5. The van der Waals surface area contributed by atoms with Crippen molar-refractivity contribution in [1.29, 1.82) is 0 Å². The number of anilines is 1. The lowest BCUT2D eigenvalue weighted by atomic mass is 10.2. The molecule has 3 nitrogen and oxygen atoms in total. The van der Waals surface area contributed by atoms with Crippen molar-refractivity contribution in [3.8, 4) is 5.75 Å². The van der Waals surface area contributed by atoms with Crippen LogP contribution in [0.25, 0.3) is 0 Å². The monoisotopic (exact) mass is 261 g/mol. The Morgan fingerprint density at radius 2 is 2.31 bits per heavy atom. The van der Waals surface area contributed by atoms with Crippen molar-refractivity contribution < 1.29 is 9.53 Å². The van der Waals surface area contributed by atoms with Crippen molar-refractivity contribution >= 4 is 39.1 Å². The van der Waals surface area contributed by atoms with Crippen molar-refractivity contribution in [2.45, 2.75) is 0 Å². The highest BCUT2D eigenvalue weighted by Crippen LogP contribution is 2.40. The van der Waals surface area contributed by atoms with Gasteiger partial charge < -0.3 is 10.1 Å². The minimum absolute atomic E-state index is 0.0337. The predicted octanol–water partition coefficient (Wildman–Crippen LogP) is 2.43. The Kier molecular flexibility index (Phi) is 2.17. The number of benzene rings is 1. The Morgan fingerprint density at radius 3 is 3.08 bits per heavy atom. The summed E-state index contributed by atoms with van der Waals surface area (Å²) in [6.45, 7) is 0.0337. The summed E-state index contributed by atoms with van der Waals surface area (Å²) in [4.78, 5) is 11.0. The van der Waals surface area contributed by atoms with Crippen LogP contribution in [0.2, 0.25) is 5.02 Å². The number of amides is 1. The maximum Gasteiger partial charge on any atom is 0.262 e. The van der Waals surface area contributed by atoms with Crippen LogP contribution in [-0.4, -0.2) is 12.5 Å². The van der Waals surface area contributed by atoms with Gasteiger partial charge in [0.05, 0.1) is 9.50 Å². The lowest BCUT2D eigenvalue weighted by Gasteiger charge is -2.19. The van der Waals surface area contributed by atoms with Gasteiger partial charge in [-0.15, -0.1) is 0 Å². The standard InChI is InChI=1S/C8H5BrClNO2/c9-4-1-2-5(10)7-8(4)13-3-6(12)11-7/h1-2H,3H2,(H,11,12). The summed E-state index contributed by atoms with van der Waals surface area (Å²) < 4.78 is 5.99. The summed E-state index contributed by atoms with van der Waals surface area (Å²) in [6.07, 6.45) is 0. The van der Waals surface area contributed by atoms with Crippen LogP contribution >= 0.6 is 27.5 Å². The maximum atomic E-state index is 11.0. The van der Waals surface area contributed by atoms with E-state index in [0.29, 0.717) is 16.5 Å². The second kappa shape index (κ2) is 3.20. The fraction of sp³-hybridized carbons (Fsp3) is 0.125. The van der Waals surface area contributed by atoms with Crippen molar-refractivity contribution in [3.05, 3.63) is 21.6 Å². The van der Waals surface area contributed by atoms with Gasteiger partial charge in [0, 0.05) is 0 Å². The molecular weight excluding hydrogens is 257 g/mol. The van der Waals surface area contributed by atoms with Gasteiger partial charge in [-0.05, 0) is 28.1 Å². The van der Waals surface area contributed by atoms with E-state index in [2.05, 4.69) is 21.2 Å². The lowest BCUT2D eigenvalue weighted by molar-refractivity contribution is -0.118. The van der Waals surface area contributed by atoms with E-state index in [0.717, 1.165) is 4.47 Å². The second-order valence-electron chi connectivity index (χ2n) is 2.57. The maximum absolute atomic E-state index is 11.0. The summed E-state index contributed by atoms with van der Waals surface area (Å²) in [5.41, 5.74) is 0.535. The van der Waals surface area contributed by atoms with E-state index in [1.54, 1.807) is 12.1 Å². The molecule has 0 radical (unpaired) electrons. The molecule has 13 heavy (non-hydrogen) atoms. The third-order valence-electron chi connectivity index (χ3n) is 1.67. The van der Waals surface area contributed by atoms with Crippen LogP contribution in [0.15, 0.2) is 16.6 Å². The molecule has 0 aliphatic carbocycles. The summed E-state index contributed by atoms with van der Waals surface area (Å²) in [5.74, 6) is 0.402. The zero-order valence-electron chi connectivity index (χ0n) is 6.43. The minimum Gasteiger partial charge on any atom is -0.480 e. The van der Waals surface area contributed by atoms with Crippen LogP contribution in [0, 0.1) is 0 Å². The number of carbonyl (C=O) groups excluding carboxylic acids is 1. The van der Waals surface area contributed by atoms with Crippen LogP contribution in [0.3, 0.4) is 0 Å². The second-order valence-corrected chi connectivity index (χ2v) is 3.83. The van der Waals surface area contributed by atoms with Crippen molar-refractivity contribution in [1.82, 2.24) is 0 Å². The summed E-state index contributed by atoms with van der Waals surface area (Å²) in [5, 5.41) is 3.12. The number of carbonyl (C=O) groups is 1. The van der Waals surface area contributed by atoms with Crippen LogP contribution in [0.4, 0.5) is 5.69 Å². The highest BCUT2D eigenvalue weighted by molar-refractivity contribution is 9.10. The van der Waals surface area contributed by atoms with Gasteiger partial charge in [-0.2, -0.15) is 0 Å². The molecule has 68 valence electrons. The quantitative estimate of drug-likeness (QED) is 0.780. The summed E-state index contributed by atoms with van der Waals surface area (Å²) in [7, 11) is 0. The molecule has 0 saturated carbocycles. The number of nitrogens with one attached hydrogen (secondary N) is 1. The van der Waals surface area contributed by atoms with Crippen molar-refractivity contribution in [2.75, 3.05) is 11.9 Å². The zero-order chi connectivity index (χ0) is 9.42. The van der Waals surface area contributed by atoms with Crippen LogP contribution < -0.4 is 10.1 Å². The topological polar surface area (TPSA) is 38.3 Å². The van der Waals surface area contributed by atoms with Gasteiger partial charge in [0.1, 0.15) is 5.69 Å². The molecule has 1 amide bonds. The molecule has 0 saturated heterocycles. The molecule has 0 spiro atoms. The van der Waals surface area contributed by atoms with Crippen molar-refractivity contribution in [2.24, 2.45) is 0 Å². The Bertz CT molecular complexity index is 381. The molecule has 1 aromatic rings. The van der Waals surface area contributed by atoms with Gasteiger partial charge in [-0.3, -0.25) is 4.79 Å². The van der Waals surface area contributed by atoms with Gasteiger partial charge in [-0.25, -0.2) is 0 Å². The Labute approximate surface area is 88.2 Å². The van der Waals surface area contributed by atoms with E-state index in [4.69, 9.17) is 16.3 Å². The third kappa shape index (κ3) is 1.51. The zero-order valence-corrected chi connectivity index (χ0v) is 8.78. The number of fused-ring (bicyclic) bond motifs is 1. The predicted molar refractivity (Wildman–Crippen MR) is 53.3 cm³/mol. The highest BCUT2D eigenvalue weighted by atomic mass is 79.9. The van der Waals surface area contributed by atoms with Gasteiger partial charge in [0.2, 0.25) is 0 Å². The van der Waals surface area contributed by atoms with Crippen molar-refractivity contribution in [3.63, 3.8) is 0 Å². The van der Waals surface area contributed by atoms with Crippen LogP contribution in [-0.2, 0) is 4.79 Å². The Balaban J connectivity index is 2.57. The fourth-order valence-electron chi connectivity index (χ4n) is 1.10. The molecule has 2 rings (SSSR count). The average molecular weight is 262 g/mol. The average Bonchev–Trinajstić information content (AvgIpc) is 2.12. The Morgan fingerprint density at radius 1 is 1.54 bits per heavy atom. The highest BCUT2D eigenvalue weighted by Gasteiger charge is 2.20. The van der Waals surface area contributed by atoms with Crippen LogP contribution in [0.5, 0.6) is 5.75 Å². The van der Waals surface area contributed by atoms with E-state index in [1.165, 1.54) is 0 Å². The lowest BCUT2D eigenvalue weighted by Crippen LogP contribution is -2.25. The van der Waals surface area contributed by atoms with E-state index in [-0.39, 0.29) is 12.5 Å². The molecule has 1 aromatic carbocycles. The largest absolute Gasteiger partial charge is 0.480 e. The molecule has 1 N–H and O–H groups in total. The third-order valence-corrected chi connectivity index (χ3v) is 2.61. The first-order chi connectivity index (χ1) is 6.18. The summed E-state index contributed by atoms with van der Waals surface area (Å²) >= 11 is 9.17. The van der Waals surface area contributed by atoms with E-state index in [9.17, 15) is 4.79 Å². The van der Waals surface area contributed by atoms with E-state index >= 15 is 0 Å². The molecule has 1 heterocycles. The first-order valence-electron chi connectivity index (χ1n) is 3.59. The number of halogens is 2. The summed E-state index contributed by atoms with van der Waals surface area (Å²) in [6, 6.07) is 3.47. The number of rotatable bonds is 0. The molecule has 0 unspecified atom stereocenters. The molecule has 5 heteroatoms. The number of hydrogen-bond acceptors (Lipinski definition) is 2. The number of hydrogen-bond donors (Lipinski definition) is 1. The molecule has 1 aliphatic rings. The Hall–Kier alpha value is -0.740. The van der Waals surface area contributed by atoms with Gasteiger partial charge >= 0.3 is 0 Å².